The molecule has 0 radical (unpaired) electrons. The number of amides is 2. The molecule has 2 aromatic carbocycles. The number of anilines is 3. The van der Waals surface area contributed by atoms with Gasteiger partial charge in [-0.15, -0.1) is 0 Å². The Morgan fingerprint density at radius 3 is 2.37 bits per heavy atom. The van der Waals surface area contributed by atoms with Crippen molar-refractivity contribution in [2.24, 2.45) is 18.4 Å². The summed E-state index contributed by atoms with van der Waals surface area (Å²) >= 11 is 0. The van der Waals surface area contributed by atoms with Crippen molar-refractivity contribution in [2.45, 2.75) is 106 Å². The van der Waals surface area contributed by atoms with Gasteiger partial charge in [-0.2, -0.15) is 4.98 Å². The number of benzene rings is 2. The van der Waals surface area contributed by atoms with Crippen molar-refractivity contribution >= 4 is 61.0 Å². The minimum absolute atomic E-state index is 0.0499. The normalized spacial score (nSPS) is 21.7. The zero-order valence-electron chi connectivity index (χ0n) is 35.8. The predicted octanol–water partition coefficient (Wildman–Crippen LogP) is 5.66. The van der Waals surface area contributed by atoms with E-state index < -0.39 is 38.5 Å². The summed E-state index contributed by atoms with van der Waals surface area (Å²) in [6.07, 6.45) is 11.2. The van der Waals surface area contributed by atoms with Crippen molar-refractivity contribution in [3.63, 3.8) is 0 Å². The molecule has 3 aliphatic heterocycles. The molecule has 5 aromatic rings. The zero-order valence-corrected chi connectivity index (χ0v) is 36.6. The third-order valence-electron chi connectivity index (χ3n) is 15.0. The minimum Gasteiger partial charge on any atom is -0.369 e. The molecule has 2 saturated carbocycles. The molecule has 6 heterocycles. The van der Waals surface area contributed by atoms with Gasteiger partial charge in [-0.05, 0) is 131 Å². The maximum Gasteiger partial charge on any atom is 0.329 e. The number of rotatable bonds is 9. The molecule has 332 valence electrons. The molecule has 2 aliphatic carbocycles. The summed E-state index contributed by atoms with van der Waals surface area (Å²) in [5, 5.41) is 5.96. The van der Waals surface area contributed by atoms with Crippen molar-refractivity contribution < 1.29 is 22.4 Å². The third kappa shape index (κ3) is 7.43. The molecule has 5 fully saturated rings. The van der Waals surface area contributed by atoms with Crippen LogP contribution in [0.3, 0.4) is 0 Å². The van der Waals surface area contributed by atoms with E-state index in [0.29, 0.717) is 65.2 Å². The predicted molar refractivity (Wildman–Crippen MR) is 238 cm³/mol. The van der Waals surface area contributed by atoms with Gasteiger partial charge in [-0.1, -0.05) is 12.8 Å². The standard InChI is InChI=1S/C46H54FN9O6S/c1-28-23-32(8-9-34(28)49-44-48-26-30-7-14-39(58)55(42(30)51-44)31-5-3-4-6-31)63(61,62)33-24-46(25-33)17-21-53(22-18-46)27-29-15-19-54(20-16-29)35-10-11-36-41(40(35)47)52(2)45(60)56(36)37-12-13-38(57)50-43(37)59/h7-11,14,23,26,29,31,33,37H,3-6,12-13,15-22,24-25,27H2,1-2H3,(H,48,49,51)(H,50,57,59). The maximum atomic E-state index is 16.2. The van der Waals surface area contributed by atoms with Gasteiger partial charge in [0.25, 0.3) is 5.56 Å². The molecule has 10 rings (SSSR count). The number of imidazole rings is 1. The van der Waals surface area contributed by atoms with Crippen LogP contribution in [0, 0.1) is 24.1 Å². The lowest BCUT2D eigenvalue weighted by molar-refractivity contribution is -0.135. The summed E-state index contributed by atoms with van der Waals surface area (Å²) in [6, 6.07) is 11.2. The van der Waals surface area contributed by atoms with E-state index in [1.165, 1.54) is 16.2 Å². The van der Waals surface area contributed by atoms with Crippen molar-refractivity contribution in [3.8, 4) is 0 Å². The van der Waals surface area contributed by atoms with Gasteiger partial charge in [0, 0.05) is 62.5 Å². The van der Waals surface area contributed by atoms with Gasteiger partial charge >= 0.3 is 5.69 Å². The molecule has 5 aliphatic rings. The van der Waals surface area contributed by atoms with E-state index in [0.717, 1.165) is 82.0 Å². The first kappa shape index (κ1) is 41.6. The topological polar surface area (TPSA) is 174 Å². The summed E-state index contributed by atoms with van der Waals surface area (Å²) in [6.45, 7) is 6.08. The Kier molecular flexibility index (Phi) is 10.5. The van der Waals surface area contributed by atoms with Crippen LogP contribution in [0.2, 0.25) is 0 Å². The minimum atomic E-state index is -3.52. The number of nitrogens with zero attached hydrogens (tertiary/aromatic N) is 7. The first-order chi connectivity index (χ1) is 30.3. The van der Waals surface area contributed by atoms with E-state index in [4.69, 9.17) is 4.98 Å². The first-order valence-electron chi connectivity index (χ1n) is 22.5. The number of hydrogen-bond acceptors (Lipinski definition) is 11. The molecule has 2 amide bonds. The van der Waals surface area contributed by atoms with E-state index in [-0.39, 0.29) is 41.3 Å². The fourth-order valence-corrected chi connectivity index (χ4v) is 13.4. The molecule has 1 atom stereocenters. The van der Waals surface area contributed by atoms with Gasteiger partial charge in [-0.3, -0.25) is 33.4 Å². The number of hydrogen-bond donors (Lipinski definition) is 2. The Bertz CT molecular complexity index is 2880. The SMILES string of the molecule is Cc1cc(S(=O)(=O)C2CC3(CCN(CC4CCN(c5ccc6c(c5F)n(C)c(=O)n6C5CCC(=O)NC5=O)CC4)CC3)C2)ccc1Nc1ncc2ccc(=O)n(C3CCCC3)c2n1. The molecular weight excluding hydrogens is 826 g/mol. The number of aromatic nitrogens is 5. The lowest BCUT2D eigenvalue weighted by atomic mass is 9.63. The lowest BCUT2D eigenvalue weighted by Gasteiger charge is -2.52. The van der Waals surface area contributed by atoms with Gasteiger partial charge < -0.3 is 15.1 Å². The van der Waals surface area contributed by atoms with E-state index >= 15 is 4.39 Å². The van der Waals surface area contributed by atoms with Gasteiger partial charge in [0.15, 0.2) is 15.7 Å². The fourth-order valence-electron chi connectivity index (χ4n) is 11.2. The molecule has 2 N–H and O–H groups in total. The third-order valence-corrected chi connectivity index (χ3v) is 17.1. The Morgan fingerprint density at radius 2 is 1.65 bits per heavy atom. The molecule has 3 aromatic heterocycles. The van der Waals surface area contributed by atoms with Crippen molar-refractivity contribution in [1.29, 1.82) is 0 Å². The number of carbonyl (C=O) groups excluding carboxylic acids is 2. The summed E-state index contributed by atoms with van der Waals surface area (Å²) in [4.78, 5) is 64.6. The van der Waals surface area contributed by atoms with Gasteiger partial charge in [0.2, 0.25) is 17.8 Å². The van der Waals surface area contributed by atoms with Crippen LogP contribution in [0.5, 0.6) is 0 Å². The summed E-state index contributed by atoms with van der Waals surface area (Å²) in [7, 11) is -2.01. The summed E-state index contributed by atoms with van der Waals surface area (Å²) < 4.78 is 48.4. The van der Waals surface area contributed by atoms with Gasteiger partial charge in [0.1, 0.15) is 17.2 Å². The van der Waals surface area contributed by atoms with Crippen LogP contribution in [-0.2, 0) is 26.5 Å². The Balaban J connectivity index is 0.723. The van der Waals surface area contributed by atoms with E-state index in [1.54, 1.807) is 53.2 Å². The second kappa shape index (κ2) is 16.0. The number of nitrogens with one attached hydrogen (secondary N) is 2. The second-order valence-corrected chi connectivity index (χ2v) is 21.0. The number of imide groups is 1. The van der Waals surface area contributed by atoms with Crippen molar-refractivity contribution in [2.75, 3.05) is 42.9 Å². The zero-order chi connectivity index (χ0) is 43.8. The number of carbonyl (C=O) groups is 2. The molecule has 1 unspecified atom stereocenters. The molecular formula is C46H54FN9O6S. The number of halogens is 1. The quantitative estimate of drug-likeness (QED) is 0.175. The van der Waals surface area contributed by atoms with Crippen LogP contribution in [0.1, 0.15) is 94.7 Å². The van der Waals surface area contributed by atoms with Crippen LogP contribution in [0.25, 0.3) is 22.1 Å². The highest BCUT2D eigenvalue weighted by atomic mass is 32.2. The molecule has 3 saturated heterocycles. The molecule has 1 spiro atoms. The summed E-state index contributed by atoms with van der Waals surface area (Å²) in [5.74, 6) is -0.589. The highest BCUT2D eigenvalue weighted by Crippen LogP contribution is 2.53. The Labute approximate surface area is 364 Å². The van der Waals surface area contributed by atoms with Crippen LogP contribution >= 0.6 is 0 Å². The largest absolute Gasteiger partial charge is 0.369 e. The van der Waals surface area contributed by atoms with Gasteiger partial charge in [0.05, 0.1) is 21.3 Å². The van der Waals surface area contributed by atoms with Crippen LogP contribution in [-0.4, -0.2) is 86.8 Å². The van der Waals surface area contributed by atoms with Crippen molar-refractivity contribution in [1.82, 2.24) is 33.9 Å². The number of pyridine rings is 1. The maximum absolute atomic E-state index is 16.2. The summed E-state index contributed by atoms with van der Waals surface area (Å²) in [5.41, 5.74) is 2.52. The lowest BCUT2D eigenvalue weighted by Crippen LogP contribution is -2.52. The number of piperidine rings is 3. The number of aryl methyl sites for hydroxylation is 2. The molecule has 17 heteroatoms. The highest BCUT2D eigenvalue weighted by molar-refractivity contribution is 7.92. The fraction of sp³-hybridized carbons (Fsp3) is 0.522. The number of likely N-dealkylation sites (tertiary alicyclic amines) is 1. The highest BCUT2D eigenvalue weighted by Gasteiger charge is 2.51. The average Bonchev–Trinajstić information content (AvgIpc) is 3.88. The van der Waals surface area contributed by atoms with E-state index in [2.05, 4.69) is 20.5 Å². The van der Waals surface area contributed by atoms with Crippen LogP contribution in [0.15, 0.2) is 63.1 Å². The smallest absolute Gasteiger partial charge is 0.329 e. The Hall–Kier alpha value is -5.42. The molecule has 63 heavy (non-hydrogen) atoms. The average molecular weight is 880 g/mol. The monoisotopic (exact) mass is 879 g/mol. The molecule has 0 bridgehead atoms. The Morgan fingerprint density at radius 1 is 0.905 bits per heavy atom. The van der Waals surface area contributed by atoms with Gasteiger partial charge in [-0.25, -0.2) is 22.6 Å². The first-order valence-corrected chi connectivity index (χ1v) is 24.0. The second-order valence-electron chi connectivity index (χ2n) is 18.8. The number of sulfone groups is 1. The van der Waals surface area contributed by atoms with Crippen LogP contribution < -0.4 is 26.8 Å². The molecule has 15 nitrogen and oxygen atoms in total. The van der Waals surface area contributed by atoms with E-state index in [9.17, 15) is 27.6 Å². The van der Waals surface area contributed by atoms with Crippen LogP contribution in [0.4, 0.5) is 21.7 Å². The van der Waals surface area contributed by atoms with E-state index in [1.807, 2.05) is 11.8 Å². The van der Waals surface area contributed by atoms with Crippen molar-refractivity contribution in [3.05, 3.63) is 80.9 Å². The number of fused-ring (bicyclic) bond motifs is 2.